The Labute approximate surface area is 116 Å². The van der Waals surface area contributed by atoms with Crippen molar-refractivity contribution >= 4 is 19.2 Å². The molecule has 0 heterocycles. The van der Waals surface area contributed by atoms with Crippen molar-refractivity contribution in [1.82, 2.24) is 5.32 Å². The van der Waals surface area contributed by atoms with Gasteiger partial charge in [0.1, 0.15) is 5.75 Å². The number of hydrogen-bond acceptors (Lipinski definition) is 2. The lowest BCUT2D eigenvalue weighted by Gasteiger charge is -2.14. The first-order valence-electron chi connectivity index (χ1n) is 6.41. The number of phenols is 1. The third kappa shape index (κ3) is 3.34. The highest BCUT2D eigenvalue weighted by Crippen LogP contribution is 2.22. The van der Waals surface area contributed by atoms with Crippen LogP contribution in [0.4, 0.5) is 0 Å². The molecule has 2 N–H and O–H groups in total. The molecular weight excluding hydrogens is 253 g/mol. The molecule has 0 fully saturated rings. The molecular formula is C16H20NOP. The summed E-state index contributed by atoms with van der Waals surface area (Å²) < 4.78 is 0. The fraction of sp³-hybridized carbons (Fsp3) is 0.250. The molecule has 3 heteroatoms. The van der Waals surface area contributed by atoms with Gasteiger partial charge in [0.2, 0.25) is 0 Å². The van der Waals surface area contributed by atoms with Crippen LogP contribution in [0.5, 0.6) is 5.75 Å². The van der Waals surface area contributed by atoms with Gasteiger partial charge in [-0.05, 0) is 49.5 Å². The molecule has 0 bridgehead atoms. The van der Waals surface area contributed by atoms with Crippen LogP contribution >= 0.6 is 8.58 Å². The highest BCUT2D eigenvalue weighted by Gasteiger charge is 2.09. The fourth-order valence-corrected chi connectivity index (χ4v) is 3.52. The summed E-state index contributed by atoms with van der Waals surface area (Å²) in [6.07, 6.45) is 0. The van der Waals surface area contributed by atoms with Crippen LogP contribution in [0.3, 0.4) is 0 Å². The van der Waals surface area contributed by atoms with Gasteiger partial charge in [-0.15, -0.1) is 0 Å². The first-order chi connectivity index (χ1) is 9.11. The van der Waals surface area contributed by atoms with Crippen molar-refractivity contribution in [3.8, 4) is 5.75 Å². The average Bonchev–Trinajstić information content (AvgIpc) is 2.38. The molecule has 2 aromatic carbocycles. The van der Waals surface area contributed by atoms with Crippen molar-refractivity contribution in [1.29, 1.82) is 0 Å². The van der Waals surface area contributed by atoms with E-state index in [1.165, 1.54) is 22.0 Å². The Kier molecular flexibility index (Phi) is 4.57. The Morgan fingerprint density at radius 2 is 1.95 bits per heavy atom. The number of nitrogens with one attached hydrogen (secondary N) is 1. The van der Waals surface area contributed by atoms with Crippen molar-refractivity contribution in [2.24, 2.45) is 0 Å². The van der Waals surface area contributed by atoms with E-state index in [4.69, 9.17) is 0 Å². The van der Waals surface area contributed by atoms with Gasteiger partial charge in [0.05, 0.1) is 0 Å². The zero-order chi connectivity index (χ0) is 13.8. The number of phenolic OH excluding ortho intramolecular Hbond substituents is 1. The van der Waals surface area contributed by atoms with Crippen LogP contribution in [0.2, 0.25) is 0 Å². The van der Waals surface area contributed by atoms with E-state index in [9.17, 15) is 5.11 Å². The Bertz CT molecular complexity index is 581. The fourth-order valence-electron chi connectivity index (χ4n) is 2.13. The van der Waals surface area contributed by atoms with Crippen molar-refractivity contribution in [3.63, 3.8) is 0 Å². The predicted molar refractivity (Wildman–Crippen MR) is 84.4 cm³/mol. The maximum atomic E-state index is 10.00. The van der Waals surface area contributed by atoms with Gasteiger partial charge in [-0.25, -0.2) is 0 Å². The van der Waals surface area contributed by atoms with Gasteiger partial charge in [0.15, 0.2) is 0 Å². The van der Waals surface area contributed by atoms with Crippen molar-refractivity contribution < 1.29 is 5.11 Å². The summed E-state index contributed by atoms with van der Waals surface area (Å²) in [4.78, 5) is 0. The Balaban J connectivity index is 2.39. The number of aryl methyl sites for hydroxylation is 2. The molecule has 100 valence electrons. The van der Waals surface area contributed by atoms with E-state index in [1.54, 1.807) is 6.07 Å². The maximum Gasteiger partial charge on any atom is 0.123 e. The van der Waals surface area contributed by atoms with Crippen LogP contribution in [0.25, 0.3) is 0 Å². The Morgan fingerprint density at radius 3 is 2.68 bits per heavy atom. The summed E-state index contributed by atoms with van der Waals surface area (Å²) in [6.45, 7) is 5.05. The third-order valence-corrected chi connectivity index (χ3v) is 4.77. The first-order valence-corrected chi connectivity index (χ1v) is 7.41. The minimum Gasteiger partial charge on any atom is -0.507 e. The van der Waals surface area contributed by atoms with Gasteiger partial charge in [0.25, 0.3) is 0 Å². The van der Waals surface area contributed by atoms with E-state index in [-0.39, 0.29) is 0 Å². The molecule has 0 radical (unpaired) electrons. The molecule has 2 aromatic rings. The molecule has 2 rings (SSSR count). The van der Waals surface area contributed by atoms with Gasteiger partial charge >= 0.3 is 0 Å². The van der Waals surface area contributed by atoms with E-state index in [0.717, 1.165) is 11.8 Å². The Morgan fingerprint density at radius 1 is 1.16 bits per heavy atom. The number of rotatable bonds is 4. The van der Waals surface area contributed by atoms with Gasteiger partial charge in [0, 0.05) is 11.8 Å². The largest absolute Gasteiger partial charge is 0.507 e. The molecule has 0 saturated heterocycles. The summed E-state index contributed by atoms with van der Waals surface area (Å²) in [6, 6.07) is 12.2. The van der Waals surface area contributed by atoms with Crippen LogP contribution in [0.15, 0.2) is 36.4 Å². The van der Waals surface area contributed by atoms with Crippen LogP contribution in [-0.2, 0) is 6.54 Å². The number of aromatic hydroxyl groups is 1. The molecule has 0 saturated carbocycles. The number of hydrogen-bond donors (Lipinski definition) is 2. The summed E-state index contributed by atoms with van der Waals surface area (Å²) in [7, 11) is 2.45. The van der Waals surface area contributed by atoms with Gasteiger partial charge in [-0.1, -0.05) is 38.4 Å². The van der Waals surface area contributed by atoms with Crippen LogP contribution < -0.4 is 15.9 Å². The van der Waals surface area contributed by atoms with Crippen molar-refractivity contribution in [3.05, 3.63) is 53.1 Å². The van der Waals surface area contributed by atoms with Crippen LogP contribution in [0, 0.1) is 13.8 Å². The molecule has 19 heavy (non-hydrogen) atoms. The summed E-state index contributed by atoms with van der Waals surface area (Å²) in [5.41, 5.74) is 3.78. The second kappa shape index (κ2) is 6.18. The molecule has 0 aliphatic rings. The highest BCUT2D eigenvalue weighted by atomic mass is 31.1. The summed E-state index contributed by atoms with van der Waals surface area (Å²) in [5, 5.41) is 15.6. The molecule has 0 aromatic heterocycles. The molecule has 1 atom stereocenters. The lowest BCUT2D eigenvalue weighted by atomic mass is 10.1. The molecule has 0 aliphatic carbocycles. The molecule has 0 spiro atoms. The van der Waals surface area contributed by atoms with Gasteiger partial charge < -0.3 is 10.4 Å². The topological polar surface area (TPSA) is 32.3 Å². The second-order valence-electron chi connectivity index (χ2n) is 4.78. The maximum absolute atomic E-state index is 10.00. The first kappa shape index (κ1) is 14.0. The predicted octanol–water partition coefficient (Wildman–Crippen LogP) is 2.36. The lowest BCUT2D eigenvalue weighted by molar-refractivity contribution is 0.479. The molecule has 0 aliphatic heterocycles. The van der Waals surface area contributed by atoms with Crippen LogP contribution in [0.1, 0.15) is 16.7 Å². The Hall–Kier alpha value is -1.37. The molecule has 2 nitrogen and oxygen atoms in total. The SMILES string of the molecule is CNCc1cccc(C)c1Pc1cc(C)ccc1O. The van der Waals surface area contributed by atoms with Crippen molar-refractivity contribution in [2.45, 2.75) is 20.4 Å². The monoisotopic (exact) mass is 273 g/mol. The van der Waals surface area contributed by atoms with Gasteiger partial charge in [-0.2, -0.15) is 0 Å². The average molecular weight is 273 g/mol. The van der Waals surface area contributed by atoms with E-state index in [1.807, 2.05) is 13.1 Å². The van der Waals surface area contributed by atoms with E-state index < -0.39 is 0 Å². The third-order valence-electron chi connectivity index (χ3n) is 3.14. The minimum absolute atomic E-state index is 0.391. The number of benzene rings is 2. The van der Waals surface area contributed by atoms with E-state index >= 15 is 0 Å². The molecule has 1 unspecified atom stereocenters. The summed E-state index contributed by atoms with van der Waals surface area (Å²) >= 11 is 0. The standard InChI is InChI=1S/C16H20NOP/c1-11-7-8-14(18)15(9-11)19-16-12(2)5-4-6-13(16)10-17-3/h4-9,17-19H,10H2,1-3H3. The quantitative estimate of drug-likeness (QED) is 0.838. The highest BCUT2D eigenvalue weighted by molar-refractivity contribution is 7.56. The zero-order valence-corrected chi connectivity index (χ0v) is 12.6. The minimum atomic E-state index is 0.391. The van der Waals surface area contributed by atoms with E-state index in [2.05, 4.69) is 43.4 Å². The van der Waals surface area contributed by atoms with E-state index in [0.29, 0.717) is 14.3 Å². The smallest absolute Gasteiger partial charge is 0.123 e. The zero-order valence-electron chi connectivity index (χ0n) is 11.6. The van der Waals surface area contributed by atoms with Crippen molar-refractivity contribution in [2.75, 3.05) is 7.05 Å². The van der Waals surface area contributed by atoms with Gasteiger partial charge in [-0.3, -0.25) is 0 Å². The van der Waals surface area contributed by atoms with Crippen LogP contribution in [-0.4, -0.2) is 12.2 Å². The summed E-state index contributed by atoms with van der Waals surface area (Å²) in [5.74, 6) is 0.391. The second-order valence-corrected chi connectivity index (χ2v) is 6.07. The molecule has 0 amide bonds. The lowest BCUT2D eigenvalue weighted by Crippen LogP contribution is -2.17. The normalized spacial score (nSPS) is 11.3.